The number of carboxylic acid groups (broad SMARTS) is 1. The molecule has 1 N–H and O–H groups in total. The van der Waals surface area contributed by atoms with Gasteiger partial charge >= 0.3 is 5.97 Å². The van der Waals surface area contributed by atoms with Crippen molar-refractivity contribution in [2.75, 3.05) is 13.1 Å². The Labute approximate surface area is 145 Å². The number of carbonyl (C=O) groups excluding carboxylic acids is 1. The lowest BCUT2D eigenvalue weighted by Gasteiger charge is -2.37. The number of piperidine rings is 1. The summed E-state index contributed by atoms with van der Waals surface area (Å²) >= 11 is 4.44. The molecule has 0 unspecified atom stereocenters. The molecule has 1 aliphatic carbocycles. The first-order valence-electron chi connectivity index (χ1n) is 8.11. The highest BCUT2D eigenvalue weighted by Crippen LogP contribution is 2.39. The number of nitrogens with zero attached hydrogens (tertiary/aromatic N) is 1. The van der Waals surface area contributed by atoms with Crippen LogP contribution in [0.2, 0.25) is 0 Å². The number of halogens is 1. The SMILES string of the molecule is O=C(O)/C=C1/CN([C@H](C(=O)C2CC2)c2ccccc2F)CC[C@@H]1S. The number of aliphatic carboxylic acids is 1. The maximum Gasteiger partial charge on any atom is 0.328 e. The Morgan fingerprint density at radius 3 is 2.62 bits per heavy atom. The number of carboxylic acids is 1. The van der Waals surface area contributed by atoms with Gasteiger partial charge in [-0.1, -0.05) is 18.2 Å². The fourth-order valence-electron chi connectivity index (χ4n) is 3.23. The molecule has 2 fully saturated rings. The molecular weight excluding hydrogens is 329 g/mol. The summed E-state index contributed by atoms with van der Waals surface area (Å²) in [5.74, 6) is -1.39. The van der Waals surface area contributed by atoms with E-state index in [2.05, 4.69) is 12.6 Å². The van der Waals surface area contributed by atoms with E-state index in [0.29, 0.717) is 30.6 Å². The number of thiol groups is 1. The molecule has 0 radical (unpaired) electrons. The molecule has 4 nitrogen and oxygen atoms in total. The van der Waals surface area contributed by atoms with Crippen LogP contribution in [0.3, 0.4) is 0 Å². The molecule has 2 atom stereocenters. The molecule has 0 aromatic heterocycles. The lowest BCUT2D eigenvalue weighted by atomic mass is 9.93. The normalized spacial score (nSPS) is 24.8. The van der Waals surface area contributed by atoms with Crippen molar-refractivity contribution in [2.24, 2.45) is 5.92 Å². The third kappa shape index (κ3) is 3.70. The summed E-state index contributed by atoms with van der Waals surface area (Å²) in [7, 11) is 0. The van der Waals surface area contributed by atoms with E-state index in [1.165, 1.54) is 6.07 Å². The van der Waals surface area contributed by atoms with Crippen LogP contribution in [0.5, 0.6) is 0 Å². The van der Waals surface area contributed by atoms with Crippen molar-refractivity contribution in [3.63, 3.8) is 0 Å². The van der Waals surface area contributed by atoms with Crippen LogP contribution < -0.4 is 0 Å². The van der Waals surface area contributed by atoms with E-state index in [0.717, 1.165) is 18.9 Å². The van der Waals surface area contributed by atoms with Gasteiger partial charge in [0, 0.05) is 35.9 Å². The summed E-state index contributed by atoms with van der Waals surface area (Å²) in [6, 6.07) is 5.69. The highest BCUT2D eigenvalue weighted by atomic mass is 32.1. The fourth-order valence-corrected chi connectivity index (χ4v) is 3.50. The van der Waals surface area contributed by atoms with E-state index in [4.69, 9.17) is 5.11 Å². The molecule has 0 amide bonds. The first-order valence-corrected chi connectivity index (χ1v) is 8.62. The minimum atomic E-state index is -1.03. The number of benzene rings is 1. The molecule has 1 aromatic rings. The first kappa shape index (κ1) is 17.2. The topological polar surface area (TPSA) is 57.6 Å². The fraction of sp³-hybridized carbons (Fsp3) is 0.444. The van der Waals surface area contributed by atoms with E-state index >= 15 is 0 Å². The molecular formula is C18H20FNO3S. The number of ketones is 1. The second-order valence-electron chi connectivity index (χ2n) is 6.43. The van der Waals surface area contributed by atoms with Crippen LogP contribution in [0.25, 0.3) is 0 Å². The van der Waals surface area contributed by atoms with Gasteiger partial charge in [-0.25, -0.2) is 9.18 Å². The Morgan fingerprint density at radius 1 is 1.29 bits per heavy atom. The zero-order valence-electron chi connectivity index (χ0n) is 13.2. The van der Waals surface area contributed by atoms with Crippen molar-refractivity contribution in [2.45, 2.75) is 30.6 Å². The van der Waals surface area contributed by atoms with Gasteiger partial charge in [0.2, 0.25) is 0 Å². The average Bonchev–Trinajstić information content (AvgIpc) is 3.36. The van der Waals surface area contributed by atoms with Crippen LogP contribution >= 0.6 is 12.6 Å². The number of rotatable bonds is 5. The molecule has 1 heterocycles. The Hall–Kier alpha value is -1.66. The molecule has 1 aromatic carbocycles. The molecule has 1 saturated heterocycles. The number of Topliss-reactive ketones (excluding diaryl/α,β-unsaturated/α-hetero) is 1. The van der Waals surface area contributed by atoms with Gasteiger partial charge in [-0.2, -0.15) is 12.6 Å². The van der Waals surface area contributed by atoms with Gasteiger partial charge in [0.15, 0.2) is 5.78 Å². The molecule has 1 saturated carbocycles. The van der Waals surface area contributed by atoms with E-state index in [1.807, 2.05) is 4.90 Å². The average molecular weight is 349 g/mol. The van der Waals surface area contributed by atoms with Gasteiger partial charge in [-0.3, -0.25) is 9.69 Å². The van der Waals surface area contributed by atoms with E-state index in [1.54, 1.807) is 18.2 Å². The first-order chi connectivity index (χ1) is 11.5. The van der Waals surface area contributed by atoms with Gasteiger partial charge in [0.25, 0.3) is 0 Å². The minimum Gasteiger partial charge on any atom is -0.478 e. The Kier molecular flexibility index (Phi) is 5.06. The molecule has 2 aliphatic rings. The number of hydrogen-bond donors (Lipinski definition) is 2. The van der Waals surface area contributed by atoms with Crippen molar-refractivity contribution >= 4 is 24.4 Å². The summed E-state index contributed by atoms with van der Waals surface area (Å²) in [5, 5.41) is 8.88. The Bertz CT molecular complexity index is 687. The van der Waals surface area contributed by atoms with Crippen LogP contribution in [0.4, 0.5) is 4.39 Å². The number of likely N-dealkylation sites (tertiary alicyclic amines) is 1. The van der Waals surface area contributed by atoms with E-state index < -0.39 is 17.8 Å². The number of carbonyl (C=O) groups is 2. The summed E-state index contributed by atoms with van der Waals surface area (Å²) < 4.78 is 14.3. The largest absolute Gasteiger partial charge is 0.478 e. The summed E-state index contributed by atoms with van der Waals surface area (Å²) in [6.07, 6.45) is 3.49. The quantitative estimate of drug-likeness (QED) is 0.634. The van der Waals surface area contributed by atoms with E-state index in [9.17, 15) is 14.0 Å². The third-order valence-electron chi connectivity index (χ3n) is 4.63. The second-order valence-corrected chi connectivity index (χ2v) is 7.06. The molecule has 128 valence electrons. The highest BCUT2D eigenvalue weighted by Gasteiger charge is 2.40. The highest BCUT2D eigenvalue weighted by molar-refractivity contribution is 7.81. The summed E-state index contributed by atoms with van der Waals surface area (Å²) in [5.41, 5.74) is 1.03. The lowest BCUT2D eigenvalue weighted by molar-refractivity contribution is -0.131. The van der Waals surface area contributed by atoms with Gasteiger partial charge in [-0.05, 0) is 30.9 Å². The van der Waals surface area contributed by atoms with Gasteiger partial charge < -0.3 is 5.11 Å². The maximum atomic E-state index is 14.3. The maximum absolute atomic E-state index is 14.3. The molecule has 0 bridgehead atoms. The summed E-state index contributed by atoms with van der Waals surface area (Å²) in [4.78, 5) is 25.7. The minimum absolute atomic E-state index is 0.00441. The third-order valence-corrected chi connectivity index (χ3v) is 5.22. The molecule has 24 heavy (non-hydrogen) atoms. The van der Waals surface area contributed by atoms with Crippen molar-refractivity contribution in [1.29, 1.82) is 0 Å². The standard InChI is InChI=1S/C18H20FNO3S/c19-14-4-2-1-3-13(14)17(18(23)11-5-6-11)20-8-7-15(24)12(10-20)9-16(21)22/h1-4,9,11,15,17,24H,5-8,10H2,(H,21,22)/b12-9-/t15-,17-/m0/s1. The molecule has 0 spiro atoms. The smallest absolute Gasteiger partial charge is 0.328 e. The molecule has 3 rings (SSSR count). The number of hydrogen-bond acceptors (Lipinski definition) is 4. The van der Waals surface area contributed by atoms with Crippen molar-refractivity contribution in [3.05, 3.63) is 47.3 Å². The zero-order chi connectivity index (χ0) is 17.3. The molecule has 1 aliphatic heterocycles. The monoisotopic (exact) mass is 349 g/mol. The Morgan fingerprint density at radius 2 is 2.00 bits per heavy atom. The predicted octanol–water partition coefficient (Wildman–Crippen LogP) is 2.86. The van der Waals surface area contributed by atoms with Crippen LogP contribution in [-0.4, -0.2) is 40.1 Å². The predicted molar refractivity (Wildman–Crippen MR) is 91.6 cm³/mol. The van der Waals surface area contributed by atoms with Crippen LogP contribution in [0.15, 0.2) is 35.9 Å². The van der Waals surface area contributed by atoms with Gasteiger partial charge in [0.05, 0.1) is 6.04 Å². The lowest BCUT2D eigenvalue weighted by Crippen LogP contribution is -2.42. The van der Waals surface area contributed by atoms with Gasteiger partial charge in [0.1, 0.15) is 5.82 Å². The van der Waals surface area contributed by atoms with Crippen LogP contribution in [0.1, 0.15) is 30.9 Å². The summed E-state index contributed by atoms with van der Waals surface area (Å²) in [6.45, 7) is 0.903. The van der Waals surface area contributed by atoms with Crippen molar-refractivity contribution in [1.82, 2.24) is 4.90 Å². The second kappa shape index (κ2) is 7.07. The van der Waals surface area contributed by atoms with Gasteiger partial charge in [-0.15, -0.1) is 0 Å². The Balaban J connectivity index is 1.92. The molecule has 6 heteroatoms. The van der Waals surface area contributed by atoms with Crippen LogP contribution in [0, 0.1) is 11.7 Å². The van der Waals surface area contributed by atoms with Crippen LogP contribution in [-0.2, 0) is 9.59 Å². The zero-order valence-corrected chi connectivity index (χ0v) is 14.1. The van der Waals surface area contributed by atoms with E-state index in [-0.39, 0.29) is 17.0 Å². The van der Waals surface area contributed by atoms with Crippen molar-refractivity contribution < 1.29 is 19.1 Å². The van der Waals surface area contributed by atoms with Crippen molar-refractivity contribution in [3.8, 4) is 0 Å².